The van der Waals surface area contributed by atoms with Crippen LogP contribution in [0.15, 0.2) is 91.0 Å². The monoisotopic (exact) mass is 472 g/mol. The smallest absolute Gasteiger partial charge is 0.243 e. The van der Waals surface area contributed by atoms with E-state index in [9.17, 15) is 9.59 Å². The average Bonchev–Trinajstić information content (AvgIpc) is 2.91. The molecule has 0 aromatic heterocycles. The first-order valence-electron chi connectivity index (χ1n) is 12.4. The van der Waals surface area contributed by atoms with Crippen LogP contribution in [0.3, 0.4) is 0 Å². The van der Waals surface area contributed by atoms with E-state index >= 15 is 0 Å². The Labute approximate surface area is 209 Å². The summed E-state index contributed by atoms with van der Waals surface area (Å²) in [6.07, 6.45) is 2.18. The van der Waals surface area contributed by atoms with Crippen LogP contribution >= 0.6 is 0 Å². The van der Waals surface area contributed by atoms with Crippen LogP contribution in [0.25, 0.3) is 0 Å². The lowest BCUT2D eigenvalue weighted by Gasteiger charge is -2.31. The van der Waals surface area contributed by atoms with Crippen LogP contribution in [0.4, 0.5) is 0 Å². The summed E-state index contributed by atoms with van der Waals surface area (Å²) in [6.45, 7) is 4.12. The molecule has 0 spiro atoms. The van der Waals surface area contributed by atoms with Crippen molar-refractivity contribution in [3.05, 3.63) is 108 Å². The third kappa shape index (κ3) is 9.02. The van der Waals surface area contributed by atoms with Gasteiger partial charge in [-0.25, -0.2) is 0 Å². The van der Waals surface area contributed by atoms with Crippen LogP contribution in [0.1, 0.15) is 36.5 Å². The second kappa shape index (κ2) is 14.7. The Morgan fingerprint density at radius 1 is 0.829 bits per heavy atom. The van der Waals surface area contributed by atoms with Crippen LogP contribution in [-0.2, 0) is 33.7 Å². The lowest BCUT2D eigenvalue weighted by atomic mass is 10.0. The van der Waals surface area contributed by atoms with Crippen molar-refractivity contribution in [3.63, 3.8) is 0 Å². The number of nitrogens with one attached hydrogen (secondary N) is 1. The maximum atomic E-state index is 13.6. The quantitative estimate of drug-likeness (QED) is 0.343. The van der Waals surface area contributed by atoms with Gasteiger partial charge in [0.25, 0.3) is 0 Å². The van der Waals surface area contributed by atoms with Crippen molar-refractivity contribution in [1.82, 2.24) is 10.2 Å². The molecule has 0 heterocycles. The van der Waals surface area contributed by atoms with Crippen LogP contribution in [0, 0.1) is 0 Å². The predicted octanol–water partition coefficient (Wildman–Crippen LogP) is 4.80. The average molecular weight is 473 g/mol. The number of carbonyl (C=O) groups excluding carboxylic acids is 2. The van der Waals surface area contributed by atoms with Gasteiger partial charge in [0.05, 0.1) is 0 Å². The summed E-state index contributed by atoms with van der Waals surface area (Å²) in [5, 5.41) is 3.04. The Kier molecular flexibility index (Phi) is 11.0. The second-order valence-corrected chi connectivity index (χ2v) is 8.54. The molecule has 1 unspecified atom stereocenters. The fraction of sp³-hybridized carbons (Fsp3) is 0.333. The molecule has 1 N–H and O–H groups in total. The molecular weight excluding hydrogens is 436 g/mol. The van der Waals surface area contributed by atoms with Crippen molar-refractivity contribution < 1.29 is 14.3 Å². The van der Waals surface area contributed by atoms with Crippen molar-refractivity contribution in [2.75, 3.05) is 19.8 Å². The summed E-state index contributed by atoms with van der Waals surface area (Å²) >= 11 is 0. The molecule has 0 radical (unpaired) electrons. The highest BCUT2D eigenvalue weighted by atomic mass is 16.5. The van der Waals surface area contributed by atoms with Gasteiger partial charge < -0.3 is 15.0 Å². The van der Waals surface area contributed by atoms with E-state index in [1.807, 2.05) is 97.9 Å². The van der Waals surface area contributed by atoms with Gasteiger partial charge in [-0.15, -0.1) is 0 Å². The molecule has 3 aromatic rings. The van der Waals surface area contributed by atoms with Gasteiger partial charge >= 0.3 is 0 Å². The van der Waals surface area contributed by atoms with Crippen molar-refractivity contribution in [1.29, 1.82) is 0 Å². The lowest BCUT2D eigenvalue weighted by Crippen LogP contribution is -2.50. The largest absolute Gasteiger partial charge is 0.382 e. The van der Waals surface area contributed by atoms with Crippen LogP contribution in [-0.4, -0.2) is 42.5 Å². The number of rotatable bonds is 14. The fourth-order valence-corrected chi connectivity index (χ4v) is 4.02. The minimum absolute atomic E-state index is 0.0249. The number of hydrogen-bond acceptors (Lipinski definition) is 3. The molecular formula is C30H36N2O3. The van der Waals surface area contributed by atoms with E-state index < -0.39 is 6.04 Å². The molecule has 5 heteroatoms. The molecule has 3 aromatic carbocycles. The topological polar surface area (TPSA) is 58.6 Å². The highest BCUT2D eigenvalue weighted by Gasteiger charge is 2.30. The van der Waals surface area contributed by atoms with E-state index in [2.05, 4.69) is 5.32 Å². The molecule has 1 atom stereocenters. The van der Waals surface area contributed by atoms with Gasteiger partial charge in [0, 0.05) is 39.1 Å². The first-order valence-corrected chi connectivity index (χ1v) is 12.4. The maximum absolute atomic E-state index is 13.6. The third-order valence-corrected chi connectivity index (χ3v) is 5.91. The summed E-state index contributed by atoms with van der Waals surface area (Å²) in [6, 6.07) is 29.2. The highest BCUT2D eigenvalue weighted by molar-refractivity contribution is 5.88. The number of nitrogens with zero attached hydrogens (tertiary/aromatic N) is 1. The van der Waals surface area contributed by atoms with Gasteiger partial charge in [0.15, 0.2) is 0 Å². The van der Waals surface area contributed by atoms with E-state index in [0.29, 0.717) is 45.6 Å². The highest BCUT2D eigenvalue weighted by Crippen LogP contribution is 2.17. The van der Waals surface area contributed by atoms with E-state index in [-0.39, 0.29) is 11.8 Å². The lowest BCUT2D eigenvalue weighted by molar-refractivity contribution is -0.141. The first-order chi connectivity index (χ1) is 17.2. The number of hydrogen-bond donors (Lipinski definition) is 1. The molecule has 2 amide bonds. The van der Waals surface area contributed by atoms with Gasteiger partial charge in [-0.05, 0) is 36.5 Å². The van der Waals surface area contributed by atoms with Crippen LogP contribution < -0.4 is 5.32 Å². The van der Waals surface area contributed by atoms with Gasteiger partial charge in [0.2, 0.25) is 11.8 Å². The predicted molar refractivity (Wildman–Crippen MR) is 140 cm³/mol. The number of aryl methyl sites for hydroxylation is 1. The van der Waals surface area contributed by atoms with Crippen LogP contribution in [0.2, 0.25) is 0 Å². The molecule has 0 aliphatic heterocycles. The second-order valence-electron chi connectivity index (χ2n) is 8.54. The SMILES string of the molecule is CCOCCCNC(=O)C(Cc1ccccc1)N(Cc1ccccc1)C(=O)CCc1ccccc1. The number of benzene rings is 3. The number of carbonyl (C=O) groups is 2. The Morgan fingerprint density at radius 3 is 2.00 bits per heavy atom. The Morgan fingerprint density at radius 2 is 1.40 bits per heavy atom. The minimum Gasteiger partial charge on any atom is -0.382 e. The molecule has 0 aliphatic rings. The fourth-order valence-electron chi connectivity index (χ4n) is 4.02. The Balaban J connectivity index is 1.81. The van der Waals surface area contributed by atoms with E-state index in [1.165, 1.54) is 0 Å². The molecule has 0 aliphatic carbocycles. The zero-order chi connectivity index (χ0) is 24.7. The van der Waals surface area contributed by atoms with E-state index in [4.69, 9.17) is 4.74 Å². The Hall–Kier alpha value is -3.44. The first kappa shape index (κ1) is 26.2. The van der Waals surface area contributed by atoms with Gasteiger partial charge in [-0.1, -0.05) is 91.0 Å². The molecule has 5 nitrogen and oxygen atoms in total. The number of ether oxygens (including phenoxy) is 1. The summed E-state index contributed by atoms with van der Waals surface area (Å²) in [4.78, 5) is 28.8. The van der Waals surface area contributed by atoms with Crippen molar-refractivity contribution >= 4 is 11.8 Å². The van der Waals surface area contributed by atoms with Gasteiger partial charge in [-0.2, -0.15) is 0 Å². The zero-order valence-electron chi connectivity index (χ0n) is 20.6. The van der Waals surface area contributed by atoms with Crippen molar-refractivity contribution in [3.8, 4) is 0 Å². The molecule has 35 heavy (non-hydrogen) atoms. The molecule has 0 saturated heterocycles. The molecule has 184 valence electrons. The maximum Gasteiger partial charge on any atom is 0.243 e. The summed E-state index contributed by atoms with van der Waals surface area (Å²) < 4.78 is 5.39. The summed E-state index contributed by atoms with van der Waals surface area (Å²) in [5.41, 5.74) is 3.14. The molecule has 0 fully saturated rings. The van der Waals surface area contributed by atoms with Crippen LogP contribution in [0.5, 0.6) is 0 Å². The van der Waals surface area contributed by atoms with Gasteiger partial charge in [-0.3, -0.25) is 9.59 Å². The van der Waals surface area contributed by atoms with Crippen molar-refractivity contribution in [2.45, 2.75) is 45.2 Å². The van der Waals surface area contributed by atoms with E-state index in [0.717, 1.165) is 23.1 Å². The molecule has 0 saturated carbocycles. The number of amides is 2. The van der Waals surface area contributed by atoms with Gasteiger partial charge in [0.1, 0.15) is 6.04 Å². The summed E-state index contributed by atoms with van der Waals surface area (Å²) in [5.74, 6) is -0.155. The van der Waals surface area contributed by atoms with Crippen molar-refractivity contribution in [2.24, 2.45) is 0 Å². The zero-order valence-corrected chi connectivity index (χ0v) is 20.6. The van der Waals surface area contributed by atoms with E-state index in [1.54, 1.807) is 4.90 Å². The third-order valence-electron chi connectivity index (χ3n) is 5.91. The molecule has 3 rings (SSSR count). The molecule has 0 bridgehead atoms. The Bertz CT molecular complexity index is 1010. The normalized spacial score (nSPS) is 11.6. The summed E-state index contributed by atoms with van der Waals surface area (Å²) in [7, 11) is 0. The minimum atomic E-state index is -0.604. The standard InChI is InChI=1S/C30H36N2O3/c1-2-35-22-12-21-31-30(34)28(23-26-15-8-4-9-16-26)32(24-27-17-10-5-11-18-27)29(33)20-19-25-13-6-3-7-14-25/h3-11,13-18,28H,2,12,19-24H2,1H3,(H,31,34).